The fraction of sp³-hybridized carbons (Fsp3) is 0.571. The number of nitrogen functional groups attached to an aromatic ring is 1. The maximum absolute atomic E-state index is 12.7. The van der Waals surface area contributed by atoms with Crippen LogP contribution in [0.5, 0.6) is 0 Å². The molecule has 5 heteroatoms. The Morgan fingerprint density at radius 2 is 2.16 bits per heavy atom. The molecule has 19 heavy (non-hydrogen) atoms. The maximum atomic E-state index is 12.7. The number of hydrogen-bond acceptors (Lipinski definition) is 3. The van der Waals surface area contributed by atoms with Crippen LogP contribution < -0.4 is 5.73 Å². The Morgan fingerprint density at radius 3 is 2.84 bits per heavy atom. The van der Waals surface area contributed by atoms with Crippen molar-refractivity contribution >= 4 is 15.7 Å². The molecule has 1 fully saturated rings. The molecule has 0 aliphatic carbocycles. The summed E-state index contributed by atoms with van der Waals surface area (Å²) in [4.78, 5) is 0.351. The van der Waals surface area contributed by atoms with Gasteiger partial charge in [0.1, 0.15) is 0 Å². The average Bonchev–Trinajstić information content (AvgIpc) is 2.41. The summed E-state index contributed by atoms with van der Waals surface area (Å²) in [6, 6.07) is 5.09. The third-order valence-corrected chi connectivity index (χ3v) is 6.01. The minimum absolute atomic E-state index is 0.351. The molecule has 0 radical (unpaired) electrons. The van der Waals surface area contributed by atoms with Gasteiger partial charge in [-0.1, -0.05) is 19.4 Å². The molecule has 2 N–H and O–H groups in total. The van der Waals surface area contributed by atoms with E-state index in [1.165, 1.54) is 0 Å². The summed E-state index contributed by atoms with van der Waals surface area (Å²) in [6.07, 6.45) is 3.10. The second-order valence-electron chi connectivity index (χ2n) is 5.25. The molecule has 1 unspecified atom stereocenters. The lowest BCUT2D eigenvalue weighted by Gasteiger charge is -2.31. The van der Waals surface area contributed by atoms with E-state index in [4.69, 9.17) is 5.73 Å². The van der Waals surface area contributed by atoms with Gasteiger partial charge in [0.15, 0.2) is 0 Å². The standard InChI is InChI=1S/C14H22N2O2S/c1-3-12-6-5-9-16(10-12)19(17,18)14-8-4-7-13(15)11(14)2/h4,7-8,12H,3,5-6,9-10,15H2,1-2H3. The van der Waals surface area contributed by atoms with E-state index in [2.05, 4.69) is 6.92 Å². The number of nitrogens with two attached hydrogens (primary N) is 1. The van der Waals surface area contributed by atoms with Gasteiger partial charge in [-0.15, -0.1) is 0 Å². The molecule has 1 aliphatic heterocycles. The Hall–Kier alpha value is -1.07. The Balaban J connectivity index is 2.34. The van der Waals surface area contributed by atoms with Crippen LogP contribution in [0.2, 0.25) is 0 Å². The monoisotopic (exact) mass is 282 g/mol. The van der Waals surface area contributed by atoms with E-state index in [-0.39, 0.29) is 0 Å². The predicted octanol–water partition coefficient (Wildman–Crippen LogP) is 2.39. The molecule has 1 atom stereocenters. The van der Waals surface area contributed by atoms with Crippen LogP contribution >= 0.6 is 0 Å². The van der Waals surface area contributed by atoms with E-state index in [1.54, 1.807) is 29.4 Å². The lowest BCUT2D eigenvalue weighted by molar-refractivity contribution is 0.261. The van der Waals surface area contributed by atoms with Gasteiger partial charge in [-0.2, -0.15) is 4.31 Å². The molecule has 0 amide bonds. The second-order valence-corrected chi connectivity index (χ2v) is 7.16. The molecule has 4 nitrogen and oxygen atoms in total. The van der Waals surface area contributed by atoms with Gasteiger partial charge in [0.25, 0.3) is 0 Å². The number of nitrogens with zero attached hydrogens (tertiary/aromatic N) is 1. The highest BCUT2D eigenvalue weighted by molar-refractivity contribution is 7.89. The summed E-state index contributed by atoms with van der Waals surface area (Å²) >= 11 is 0. The van der Waals surface area contributed by atoms with E-state index in [0.717, 1.165) is 19.3 Å². The highest BCUT2D eigenvalue weighted by atomic mass is 32.2. The fourth-order valence-corrected chi connectivity index (χ4v) is 4.44. The third-order valence-electron chi connectivity index (χ3n) is 4.00. The molecule has 1 saturated heterocycles. The maximum Gasteiger partial charge on any atom is 0.243 e. The van der Waals surface area contributed by atoms with Gasteiger partial charge in [-0.25, -0.2) is 8.42 Å². The quantitative estimate of drug-likeness (QED) is 0.866. The molecule has 1 heterocycles. The molecule has 106 valence electrons. The Bertz CT molecular complexity index is 555. The van der Waals surface area contributed by atoms with Crippen molar-refractivity contribution < 1.29 is 8.42 Å². The Kier molecular flexibility index (Phi) is 4.16. The van der Waals surface area contributed by atoms with Crippen LogP contribution in [0, 0.1) is 12.8 Å². The molecule has 0 saturated carbocycles. The molecular formula is C14H22N2O2S. The number of rotatable bonds is 3. The first-order valence-electron chi connectivity index (χ1n) is 6.82. The number of benzene rings is 1. The van der Waals surface area contributed by atoms with Crippen LogP contribution in [0.15, 0.2) is 23.1 Å². The lowest BCUT2D eigenvalue weighted by Crippen LogP contribution is -2.40. The zero-order valence-corrected chi connectivity index (χ0v) is 12.4. The lowest BCUT2D eigenvalue weighted by atomic mass is 9.97. The molecular weight excluding hydrogens is 260 g/mol. The Morgan fingerprint density at radius 1 is 1.42 bits per heavy atom. The molecule has 1 aromatic rings. The summed E-state index contributed by atoms with van der Waals surface area (Å²) in [5.41, 5.74) is 7.00. The van der Waals surface area contributed by atoms with Gasteiger partial charge in [-0.05, 0) is 43.4 Å². The van der Waals surface area contributed by atoms with Gasteiger partial charge in [0.05, 0.1) is 4.90 Å². The van der Waals surface area contributed by atoms with Crippen LogP contribution in [0.4, 0.5) is 5.69 Å². The topological polar surface area (TPSA) is 63.4 Å². The summed E-state index contributed by atoms with van der Waals surface area (Å²) < 4.78 is 27.0. The highest BCUT2D eigenvalue weighted by Gasteiger charge is 2.30. The van der Waals surface area contributed by atoms with E-state index in [9.17, 15) is 8.42 Å². The van der Waals surface area contributed by atoms with Gasteiger partial charge < -0.3 is 5.73 Å². The number of piperidine rings is 1. The second kappa shape index (κ2) is 5.51. The normalized spacial score (nSPS) is 21.5. The van der Waals surface area contributed by atoms with Crippen molar-refractivity contribution in [1.82, 2.24) is 4.31 Å². The summed E-state index contributed by atoms with van der Waals surface area (Å²) in [5.74, 6) is 0.477. The van der Waals surface area contributed by atoms with Crippen LogP contribution in [-0.4, -0.2) is 25.8 Å². The molecule has 1 aromatic carbocycles. The largest absolute Gasteiger partial charge is 0.398 e. The van der Waals surface area contributed by atoms with E-state index in [0.29, 0.717) is 35.2 Å². The van der Waals surface area contributed by atoms with Crippen molar-refractivity contribution in [2.45, 2.75) is 38.0 Å². The van der Waals surface area contributed by atoms with Gasteiger partial charge in [0.2, 0.25) is 10.0 Å². The van der Waals surface area contributed by atoms with Crippen molar-refractivity contribution in [2.75, 3.05) is 18.8 Å². The highest BCUT2D eigenvalue weighted by Crippen LogP contribution is 2.28. The van der Waals surface area contributed by atoms with E-state index < -0.39 is 10.0 Å². The molecule has 0 bridgehead atoms. The first kappa shape index (κ1) is 14.3. The molecule has 0 spiro atoms. The predicted molar refractivity (Wildman–Crippen MR) is 77.4 cm³/mol. The van der Waals surface area contributed by atoms with Gasteiger partial charge in [-0.3, -0.25) is 0 Å². The third kappa shape index (κ3) is 2.77. The van der Waals surface area contributed by atoms with Crippen LogP contribution in [0.3, 0.4) is 0 Å². The Labute approximate surface area is 115 Å². The first-order chi connectivity index (χ1) is 8.96. The number of anilines is 1. The fourth-order valence-electron chi connectivity index (χ4n) is 2.63. The first-order valence-corrected chi connectivity index (χ1v) is 8.26. The SMILES string of the molecule is CCC1CCCN(S(=O)(=O)c2cccc(N)c2C)C1. The number of sulfonamides is 1. The summed E-state index contributed by atoms with van der Waals surface area (Å²) in [6.45, 7) is 5.14. The van der Waals surface area contributed by atoms with Crippen molar-refractivity contribution in [3.05, 3.63) is 23.8 Å². The zero-order valence-electron chi connectivity index (χ0n) is 11.6. The van der Waals surface area contributed by atoms with E-state index in [1.807, 2.05) is 0 Å². The van der Waals surface area contributed by atoms with Crippen LogP contribution in [0.1, 0.15) is 31.7 Å². The smallest absolute Gasteiger partial charge is 0.243 e. The average molecular weight is 282 g/mol. The van der Waals surface area contributed by atoms with Crippen LogP contribution in [-0.2, 0) is 10.0 Å². The van der Waals surface area contributed by atoms with E-state index >= 15 is 0 Å². The van der Waals surface area contributed by atoms with Gasteiger partial charge in [0, 0.05) is 18.8 Å². The minimum atomic E-state index is -3.40. The van der Waals surface area contributed by atoms with Crippen LogP contribution in [0.25, 0.3) is 0 Å². The number of hydrogen-bond donors (Lipinski definition) is 1. The summed E-state index contributed by atoms with van der Waals surface area (Å²) in [5, 5.41) is 0. The zero-order chi connectivity index (χ0) is 14.0. The van der Waals surface area contributed by atoms with Gasteiger partial charge >= 0.3 is 0 Å². The minimum Gasteiger partial charge on any atom is -0.398 e. The molecule has 0 aromatic heterocycles. The molecule has 1 aliphatic rings. The molecule has 2 rings (SSSR count). The van der Waals surface area contributed by atoms with Crippen molar-refractivity contribution in [3.63, 3.8) is 0 Å². The summed E-state index contributed by atoms with van der Waals surface area (Å²) in [7, 11) is -3.40. The van der Waals surface area contributed by atoms with Crippen molar-refractivity contribution in [1.29, 1.82) is 0 Å². The van der Waals surface area contributed by atoms with Crippen molar-refractivity contribution in [3.8, 4) is 0 Å². The van der Waals surface area contributed by atoms with Crippen molar-refractivity contribution in [2.24, 2.45) is 5.92 Å².